The van der Waals surface area contributed by atoms with Gasteiger partial charge in [-0.3, -0.25) is 4.79 Å². The first-order valence-electron chi connectivity index (χ1n) is 8.14. The third kappa shape index (κ3) is 5.93. The molecule has 0 saturated heterocycles. The molecule has 136 valence electrons. The van der Waals surface area contributed by atoms with Gasteiger partial charge >= 0.3 is 0 Å². The second-order valence-corrected chi connectivity index (χ2v) is 7.10. The van der Waals surface area contributed by atoms with Crippen LogP contribution in [0.2, 0.25) is 5.02 Å². The van der Waals surface area contributed by atoms with Crippen LogP contribution in [0.15, 0.2) is 29.4 Å². The summed E-state index contributed by atoms with van der Waals surface area (Å²) in [7, 11) is 3.49. The Hall–Kier alpha value is -1.73. The quantitative estimate of drug-likeness (QED) is 0.621. The number of rotatable bonds is 9. The van der Waals surface area contributed by atoms with E-state index in [4.69, 9.17) is 16.3 Å². The lowest BCUT2D eigenvalue weighted by molar-refractivity contribution is -0.125. The fourth-order valence-electron chi connectivity index (χ4n) is 2.01. The van der Waals surface area contributed by atoms with E-state index in [0.717, 1.165) is 36.1 Å². The van der Waals surface area contributed by atoms with Crippen LogP contribution in [0.5, 0.6) is 5.75 Å². The number of aromatic nitrogens is 3. The van der Waals surface area contributed by atoms with Gasteiger partial charge in [-0.1, -0.05) is 36.7 Å². The van der Waals surface area contributed by atoms with Gasteiger partial charge in [0.2, 0.25) is 5.91 Å². The number of unbranched alkanes of at least 4 members (excludes halogenated alkanes) is 1. The second-order valence-electron chi connectivity index (χ2n) is 5.72. The first kappa shape index (κ1) is 19.6. The summed E-state index contributed by atoms with van der Waals surface area (Å²) in [6, 6.07) is 7.21. The number of amides is 1. The van der Waals surface area contributed by atoms with Crippen molar-refractivity contribution in [2.75, 3.05) is 19.8 Å². The summed E-state index contributed by atoms with van der Waals surface area (Å²) in [5.41, 5.74) is 0. The molecule has 0 aliphatic carbocycles. The molecule has 1 aromatic heterocycles. The predicted molar refractivity (Wildman–Crippen MR) is 100 cm³/mol. The molecular weight excluding hydrogens is 360 g/mol. The Bertz CT molecular complexity index is 688. The lowest BCUT2D eigenvalue weighted by Crippen LogP contribution is -2.23. The lowest BCUT2D eigenvalue weighted by atomic mass is 10.3. The van der Waals surface area contributed by atoms with Gasteiger partial charge in [0, 0.05) is 25.7 Å². The summed E-state index contributed by atoms with van der Waals surface area (Å²) in [4.78, 5) is 13.4. The number of nitrogens with zero attached hydrogens (tertiary/aromatic N) is 4. The number of carbonyl (C=O) groups is 1. The Morgan fingerprint density at radius 1 is 1.28 bits per heavy atom. The van der Waals surface area contributed by atoms with Crippen LogP contribution in [0.3, 0.4) is 0 Å². The van der Waals surface area contributed by atoms with Crippen molar-refractivity contribution in [3.63, 3.8) is 0 Å². The summed E-state index contributed by atoms with van der Waals surface area (Å²) in [5.74, 6) is 1.87. The SMILES string of the molecule is CCCCn1c(COc2ccc(Cl)cc2)nnc1SCC(=O)N(C)C. The fourth-order valence-corrected chi connectivity index (χ4v) is 3.10. The standard InChI is InChI=1S/C17H23ClN4O2S/c1-4-5-10-22-15(11-24-14-8-6-13(18)7-9-14)19-20-17(22)25-12-16(23)21(2)3/h6-9H,4-5,10-12H2,1-3H3. The van der Waals surface area contributed by atoms with Crippen LogP contribution in [-0.2, 0) is 17.9 Å². The average molecular weight is 383 g/mol. The molecule has 0 aliphatic rings. The molecule has 0 saturated carbocycles. The van der Waals surface area contributed by atoms with Gasteiger partial charge in [0.05, 0.1) is 5.75 Å². The van der Waals surface area contributed by atoms with E-state index in [9.17, 15) is 4.79 Å². The molecule has 1 heterocycles. The molecule has 1 amide bonds. The molecule has 0 bridgehead atoms. The van der Waals surface area contributed by atoms with Crippen molar-refractivity contribution in [1.82, 2.24) is 19.7 Å². The van der Waals surface area contributed by atoms with Crippen LogP contribution in [0.25, 0.3) is 0 Å². The third-order valence-electron chi connectivity index (χ3n) is 3.53. The highest BCUT2D eigenvalue weighted by Crippen LogP contribution is 2.20. The number of ether oxygens (including phenoxy) is 1. The van der Waals surface area contributed by atoms with E-state index < -0.39 is 0 Å². The van der Waals surface area contributed by atoms with Crippen molar-refractivity contribution < 1.29 is 9.53 Å². The van der Waals surface area contributed by atoms with Gasteiger partial charge in [-0.25, -0.2) is 0 Å². The number of carbonyl (C=O) groups excluding carboxylic acids is 1. The van der Waals surface area contributed by atoms with Crippen LogP contribution < -0.4 is 4.74 Å². The molecule has 8 heteroatoms. The minimum absolute atomic E-state index is 0.0500. The topological polar surface area (TPSA) is 60.2 Å². The Morgan fingerprint density at radius 2 is 2.00 bits per heavy atom. The lowest BCUT2D eigenvalue weighted by Gasteiger charge is -2.12. The van der Waals surface area contributed by atoms with E-state index in [-0.39, 0.29) is 5.91 Å². The van der Waals surface area contributed by atoms with Crippen LogP contribution in [0.4, 0.5) is 0 Å². The molecule has 0 aliphatic heterocycles. The van der Waals surface area contributed by atoms with Gasteiger partial charge < -0.3 is 14.2 Å². The van der Waals surface area contributed by atoms with E-state index in [1.165, 1.54) is 11.8 Å². The fraction of sp³-hybridized carbons (Fsp3) is 0.471. The maximum absolute atomic E-state index is 11.8. The van der Waals surface area contributed by atoms with E-state index >= 15 is 0 Å². The van der Waals surface area contributed by atoms with Gasteiger partial charge in [-0.15, -0.1) is 10.2 Å². The molecule has 0 atom stereocenters. The van der Waals surface area contributed by atoms with Crippen molar-refractivity contribution in [3.05, 3.63) is 35.1 Å². The zero-order chi connectivity index (χ0) is 18.2. The van der Waals surface area contributed by atoms with Crippen molar-refractivity contribution in [2.24, 2.45) is 0 Å². The van der Waals surface area contributed by atoms with Crippen LogP contribution in [0, 0.1) is 0 Å². The molecule has 0 radical (unpaired) electrons. The number of benzene rings is 1. The minimum atomic E-state index is 0.0500. The van der Waals surface area contributed by atoms with Gasteiger partial charge in [0.1, 0.15) is 12.4 Å². The molecule has 0 unspecified atom stereocenters. The molecule has 6 nitrogen and oxygen atoms in total. The van der Waals surface area contributed by atoms with Gasteiger partial charge in [-0.2, -0.15) is 0 Å². The Morgan fingerprint density at radius 3 is 2.64 bits per heavy atom. The van der Waals surface area contributed by atoms with E-state index in [0.29, 0.717) is 17.4 Å². The monoisotopic (exact) mass is 382 g/mol. The molecule has 0 spiro atoms. The smallest absolute Gasteiger partial charge is 0.232 e. The van der Waals surface area contributed by atoms with Gasteiger partial charge in [0.25, 0.3) is 0 Å². The molecule has 2 rings (SSSR count). The summed E-state index contributed by atoms with van der Waals surface area (Å²) in [6.45, 7) is 3.26. The van der Waals surface area contributed by atoms with Crippen molar-refractivity contribution >= 4 is 29.3 Å². The first-order chi connectivity index (χ1) is 12.0. The second kappa shape index (κ2) is 9.68. The van der Waals surface area contributed by atoms with Gasteiger partial charge in [-0.05, 0) is 30.7 Å². The van der Waals surface area contributed by atoms with Crippen molar-refractivity contribution in [2.45, 2.75) is 38.1 Å². The predicted octanol–water partition coefficient (Wildman–Crippen LogP) is 3.49. The number of hydrogen-bond donors (Lipinski definition) is 0. The van der Waals surface area contributed by atoms with Crippen molar-refractivity contribution in [1.29, 1.82) is 0 Å². The summed E-state index contributed by atoms with van der Waals surface area (Å²) in [5, 5.41) is 9.89. The van der Waals surface area contributed by atoms with E-state index in [1.54, 1.807) is 31.1 Å². The zero-order valence-corrected chi connectivity index (χ0v) is 16.3. The number of thioether (sulfide) groups is 1. The summed E-state index contributed by atoms with van der Waals surface area (Å²) < 4.78 is 7.81. The van der Waals surface area contributed by atoms with E-state index in [1.807, 2.05) is 16.7 Å². The first-order valence-corrected chi connectivity index (χ1v) is 9.51. The Balaban J connectivity index is 2.05. The summed E-state index contributed by atoms with van der Waals surface area (Å²) >= 11 is 7.28. The third-order valence-corrected chi connectivity index (χ3v) is 4.74. The highest BCUT2D eigenvalue weighted by atomic mass is 35.5. The minimum Gasteiger partial charge on any atom is -0.486 e. The largest absolute Gasteiger partial charge is 0.486 e. The van der Waals surface area contributed by atoms with Crippen LogP contribution in [-0.4, -0.2) is 45.4 Å². The molecule has 0 N–H and O–H groups in total. The summed E-state index contributed by atoms with van der Waals surface area (Å²) in [6.07, 6.45) is 2.08. The Kier molecular flexibility index (Phi) is 7.58. The van der Waals surface area contributed by atoms with Crippen LogP contribution in [0.1, 0.15) is 25.6 Å². The molecule has 0 fully saturated rings. The molecule has 25 heavy (non-hydrogen) atoms. The molecule has 1 aromatic carbocycles. The number of halogens is 1. The van der Waals surface area contributed by atoms with Crippen molar-refractivity contribution in [3.8, 4) is 5.75 Å². The number of hydrogen-bond acceptors (Lipinski definition) is 5. The highest BCUT2D eigenvalue weighted by molar-refractivity contribution is 7.99. The Labute approximate surface area is 157 Å². The maximum atomic E-state index is 11.8. The zero-order valence-electron chi connectivity index (χ0n) is 14.7. The maximum Gasteiger partial charge on any atom is 0.232 e. The normalized spacial score (nSPS) is 10.7. The highest BCUT2D eigenvalue weighted by Gasteiger charge is 2.15. The van der Waals surface area contributed by atoms with E-state index in [2.05, 4.69) is 17.1 Å². The van der Waals surface area contributed by atoms with Gasteiger partial charge in [0.15, 0.2) is 11.0 Å². The van der Waals surface area contributed by atoms with Crippen LogP contribution >= 0.6 is 23.4 Å². The average Bonchev–Trinajstić information content (AvgIpc) is 2.99. The molecular formula is C17H23ClN4O2S. The molecule has 2 aromatic rings.